The number of hydrogen-bond donors (Lipinski definition) is 6. The van der Waals surface area contributed by atoms with E-state index >= 15 is 0 Å². The van der Waals surface area contributed by atoms with E-state index < -0.39 is 11.9 Å². The van der Waals surface area contributed by atoms with Crippen LogP contribution < -0.4 is 0 Å². The van der Waals surface area contributed by atoms with Gasteiger partial charge in [0.25, 0.3) is 0 Å². The fourth-order valence-corrected chi connectivity index (χ4v) is 0. The molecule has 0 fully saturated rings. The predicted octanol–water partition coefficient (Wildman–Crippen LogP) is 2.55. The number of aliphatic carboxylic acids is 2. The van der Waals surface area contributed by atoms with Gasteiger partial charge in [-0.05, 0) is 20.8 Å². The number of hydrogen-bond acceptors (Lipinski definition) is 6. The lowest BCUT2D eigenvalue weighted by Crippen LogP contribution is -1.92. The van der Waals surface area contributed by atoms with E-state index in [1.807, 2.05) is 20.8 Å². The first-order chi connectivity index (χ1) is 10.7. The second kappa shape index (κ2) is 58.6. The average molecular weight is 373 g/mol. The number of rotatable bonds is 3. The summed E-state index contributed by atoms with van der Waals surface area (Å²) in [6.45, 7) is 15.5. The van der Waals surface area contributed by atoms with Crippen LogP contribution in [0.25, 0.3) is 0 Å². The van der Waals surface area contributed by atoms with Gasteiger partial charge in [0.05, 0.1) is 24.7 Å². The molecule has 0 aliphatic rings. The molecule has 23 heavy (non-hydrogen) atoms. The van der Waals surface area contributed by atoms with Crippen LogP contribution in [0.1, 0.15) is 20.8 Å². The molecular weight excluding hydrogens is 340 g/mol. The first-order valence-corrected chi connectivity index (χ1v) is 7.55. The van der Waals surface area contributed by atoms with E-state index in [1.54, 1.807) is 18.2 Å². The second-order valence-electron chi connectivity index (χ2n) is 2.78. The van der Waals surface area contributed by atoms with Crippen molar-refractivity contribution in [1.82, 2.24) is 0 Å². The summed E-state index contributed by atoms with van der Waals surface area (Å²) < 4.78 is 0. The first-order valence-electron chi connectivity index (χ1n) is 6.28. The van der Waals surface area contributed by atoms with Crippen LogP contribution in [0.15, 0.2) is 38.0 Å². The maximum Gasteiger partial charge on any atom is 0.313 e. The maximum atomic E-state index is 9.29. The van der Waals surface area contributed by atoms with Gasteiger partial charge in [-0.3, -0.25) is 9.59 Å². The highest BCUT2D eigenvalue weighted by atomic mass is 32.1. The largest absolute Gasteiger partial charge is 0.481 e. The summed E-state index contributed by atoms with van der Waals surface area (Å²) >= 11 is 6.83. The third-order valence-corrected chi connectivity index (χ3v) is 0.912. The van der Waals surface area contributed by atoms with Gasteiger partial charge in [0, 0.05) is 0 Å². The zero-order valence-electron chi connectivity index (χ0n) is 14.2. The Kier molecular flexibility index (Phi) is 96.2. The molecule has 0 bridgehead atoms. The fraction of sp³-hybridized carbons (Fsp3) is 0.467. The third kappa shape index (κ3) is 513. The molecule has 0 saturated heterocycles. The van der Waals surface area contributed by atoms with Crippen molar-refractivity contribution in [2.24, 2.45) is 0 Å². The molecular formula is C15H32O6S2. The minimum absolute atomic E-state index is 0.0833. The summed E-state index contributed by atoms with van der Waals surface area (Å²) in [4.78, 5) is 18.6. The minimum atomic E-state index is -0.881. The SMILES string of the molecule is C=CC.C=CC.C=CC.O=C(O)CS.O=C(O)CS.OCCO. The van der Waals surface area contributed by atoms with Crippen molar-refractivity contribution in [3.05, 3.63) is 38.0 Å². The molecule has 4 N–H and O–H groups in total. The lowest BCUT2D eigenvalue weighted by atomic mass is 10.8. The van der Waals surface area contributed by atoms with Crippen molar-refractivity contribution in [2.75, 3.05) is 24.7 Å². The van der Waals surface area contributed by atoms with Gasteiger partial charge in [-0.1, -0.05) is 18.2 Å². The van der Waals surface area contributed by atoms with E-state index in [4.69, 9.17) is 20.4 Å². The van der Waals surface area contributed by atoms with Gasteiger partial charge in [-0.2, -0.15) is 25.3 Å². The number of aliphatic hydroxyl groups is 2. The quantitative estimate of drug-likeness (QED) is 0.335. The molecule has 0 aliphatic carbocycles. The highest BCUT2D eigenvalue weighted by Crippen LogP contribution is 1.66. The van der Waals surface area contributed by atoms with E-state index in [2.05, 4.69) is 45.0 Å². The van der Waals surface area contributed by atoms with Gasteiger partial charge >= 0.3 is 11.9 Å². The topological polar surface area (TPSA) is 115 Å². The van der Waals surface area contributed by atoms with Gasteiger partial charge in [0.2, 0.25) is 0 Å². The Labute approximate surface area is 151 Å². The van der Waals surface area contributed by atoms with E-state index in [0.29, 0.717) is 0 Å². The number of aliphatic hydroxyl groups excluding tert-OH is 2. The van der Waals surface area contributed by atoms with Gasteiger partial charge in [-0.25, -0.2) is 0 Å². The number of thiol groups is 2. The van der Waals surface area contributed by atoms with Crippen molar-refractivity contribution in [1.29, 1.82) is 0 Å². The summed E-state index contributed by atoms with van der Waals surface area (Å²) in [5, 5.41) is 30.5. The van der Waals surface area contributed by atoms with Crippen LogP contribution in [0, 0.1) is 0 Å². The lowest BCUT2D eigenvalue weighted by Gasteiger charge is -1.71. The van der Waals surface area contributed by atoms with Crippen molar-refractivity contribution in [3.63, 3.8) is 0 Å². The summed E-state index contributed by atoms with van der Waals surface area (Å²) in [6.07, 6.45) is 5.25. The molecule has 0 spiro atoms. The molecule has 0 radical (unpaired) electrons. The maximum absolute atomic E-state index is 9.29. The molecule has 0 heterocycles. The zero-order valence-corrected chi connectivity index (χ0v) is 16.0. The van der Waals surface area contributed by atoms with Crippen LogP contribution in [0.4, 0.5) is 0 Å². The molecule has 0 aromatic rings. The summed E-state index contributed by atoms with van der Waals surface area (Å²) in [7, 11) is 0. The Morgan fingerprint density at radius 2 is 0.870 bits per heavy atom. The minimum Gasteiger partial charge on any atom is -0.481 e. The predicted molar refractivity (Wildman–Crippen MR) is 105 cm³/mol. The molecule has 0 unspecified atom stereocenters. The molecule has 0 atom stereocenters. The van der Waals surface area contributed by atoms with Crippen LogP contribution in [0.2, 0.25) is 0 Å². The lowest BCUT2D eigenvalue weighted by molar-refractivity contribution is -0.134. The monoisotopic (exact) mass is 372 g/mol. The molecule has 8 heteroatoms. The van der Waals surface area contributed by atoms with Crippen LogP contribution >= 0.6 is 25.3 Å². The fourth-order valence-electron chi connectivity index (χ4n) is 0. The number of allylic oxidation sites excluding steroid dienone is 3. The number of carbonyl (C=O) groups is 2. The second-order valence-corrected chi connectivity index (χ2v) is 3.41. The Morgan fingerprint density at radius 1 is 0.783 bits per heavy atom. The Bertz CT molecular complexity index is 216. The summed E-state index contributed by atoms with van der Waals surface area (Å²) in [5.74, 6) is -1.93. The Hall–Kier alpha value is -1.22. The average Bonchev–Trinajstić information content (AvgIpc) is 2.50. The molecule has 0 rings (SSSR count). The standard InChI is InChI=1S/3C3H6.2C2H4O2S.C2H6O2/c3*1-3-2;2*3-2(4)1-5;3-1-2-4/h3*3H,1H2,2H3;2*5H,1H2,(H,3,4);3-4H,1-2H2. The van der Waals surface area contributed by atoms with Crippen molar-refractivity contribution < 1.29 is 30.0 Å². The number of carboxylic acid groups (broad SMARTS) is 2. The highest BCUT2D eigenvalue weighted by Gasteiger charge is 1.82. The van der Waals surface area contributed by atoms with Crippen LogP contribution in [0.5, 0.6) is 0 Å². The molecule has 0 aliphatic heterocycles. The van der Waals surface area contributed by atoms with Gasteiger partial charge in [-0.15, -0.1) is 19.7 Å². The van der Waals surface area contributed by atoms with Crippen LogP contribution in [-0.4, -0.2) is 57.1 Å². The zero-order chi connectivity index (χ0) is 20.1. The van der Waals surface area contributed by atoms with E-state index in [0.717, 1.165) is 0 Å². The van der Waals surface area contributed by atoms with Gasteiger partial charge < -0.3 is 20.4 Å². The molecule has 6 nitrogen and oxygen atoms in total. The summed E-state index contributed by atoms with van der Waals surface area (Å²) in [5.41, 5.74) is 0. The highest BCUT2D eigenvalue weighted by molar-refractivity contribution is 7.81. The molecule has 140 valence electrons. The van der Waals surface area contributed by atoms with Gasteiger partial charge in [0.15, 0.2) is 0 Å². The molecule has 0 aromatic carbocycles. The Morgan fingerprint density at radius 3 is 0.870 bits per heavy atom. The van der Waals surface area contributed by atoms with Crippen LogP contribution in [-0.2, 0) is 9.59 Å². The van der Waals surface area contributed by atoms with Crippen molar-refractivity contribution in [2.45, 2.75) is 20.8 Å². The normalized spacial score (nSPS) is 6.22. The molecule has 0 aromatic heterocycles. The van der Waals surface area contributed by atoms with Crippen molar-refractivity contribution in [3.8, 4) is 0 Å². The Balaban J connectivity index is -0.0000000383. The third-order valence-electron chi connectivity index (χ3n) is 0.371. The summed E-state index contributed by atoms with van der Waals surface area (Å²) in [6, 6.07) is 0. The van der Waals surface area contributed by atoms with E-state index in [9.17, 15) is 9.59 Å². The smallest absolute Gasteiger partial charge is 0.313 e. The molecule has 0 saturated carbocycles. The number of carboxylic acids is 2. The van der Waals surface area contributed by atoms with Gasteiger partial charge in [0.1, 0.15) is 0 Å². The first kappa shape index (κ1) is 37.8. The van der Waals surface area contributed by atoms with Crippen LogP contribution in [0.3, 0.4) is 0 Å². The van der Waals surface area contributed by atoms with E-state index in [1.165, 1.54) is 0 Å². The van der Waals surface area contributed by atoms with Crippen molar-refractivity contribution >= 4 is 37.2 Å². The molecule has 0 amide bonds. The van der Waals surface area contributed by atoms with E-state index in [-0.39, 0.29) is 24.7 Å².